The first-order valence-electron chi connectivity index (χ1n) is 9.92. The third-order valence-corrected chi connectivity index (χ3v) is 4.75. The average Bonchev–Trinajstić information content (AvgIpc) is 2.72. The van der Waals surface area contributed by atoms with Gasteiger partial charge in [0.25, 0.3) is 0 Å². The third-order valence-electron chi connectivity index (χ3n) is 4.75. The molecule has 2 aromatic rings. The van der Waals surface area contributed by atoms with Crippen LogP contribution in [0.5, 0.6) is 5.75 Å². The SMILES string of the molecule is CCOc1ccc(NC(=O)CN2CCN(CC=Cc3ccccc3)CC2)cc1. The number of nitrogens with one attached hydrogen (secondary N) is 1. The molecule has 0 saturated carbocycles. The van der Waals surface area contributed by atoms with E-state index in [1.165, 1.54) is 5.56 Å². The van der Waals surface area contributed by atoms with E-state index in [1.807, 2.05) is 37.3 Å². The number of nitrogens with zero attached hydrogens (tertiary/aromatic N) is 2. The van der Waals surface area contributed by atoms with Crippen molar-refractivity contribution < 1.29 is 9.53 Å². The van der Waals surface area contributed by atoms with Crippen LogP contribution in [0.4, 0.5) is 5.69 Å². The number of hydrogen-bond acceptors (Lipinski definition) is 4. The van der Waals surface area contributed by atoms with E-state index in [0.717, 1.165) is 44.2 Å². The number of carbonyl (C=O) groups is 1. The summed E-state index contributed by atoms with van der Waals surface area (Å²) >= 11 is 0. The van der Waals surface area contributed by atoms with Crippen molar-refractivity contribution in [3.8, 4) is 5.75 Å². The van der Waals surface area contributed by atoms with Gasteiger partial charge in [0.05, 0.1) is 13.2 Å². The first-order valence-corrected chi connectivity index (χ1v) is 9.92. The fourth-order valence-electron chi connectivity index (χ4n) is 3.24. The van der Waals surface area contributed by atoms with Crippen LogP contribution in [0.15, 0.2) is 60.7 Å². The molecule has 0 radical (unpaired) electrons. The van der Waals surface area contributed by atoms with Gasteiger partial charge >= 0.3 is 0 Å². The summed E-state index contributed by atoms with van der Waals surface area (Å²) in [6.07, 6.45) is 4.38. The molecular weight excluding hydrogens is 350 g/mol. The molecule has 0 aromatic heterocycles. The molecule has 1 N–H and O–H groups in total. The molecule has 5 heteroatoms. The van der Waals surface area contributed by atoms with Crippen molar-refractivity contribution >= 4 is 17.7 Å². The number of rotatable bonds is 8. The molecule has 1 saturated heterocycles. The molecular formula is C23H29N3O2. The van der Waals surface area contributed by atoms with Gasteiger partial charge in [-0.25, -0.2) is 0 Å². The van der Waals surface area contributed by atoms with E-state index in [2.05, 4.69) is 51.5 Å². The highest BCUT2D eigenvalue weighted by atomic mass is 16.5. The van der Waals surface area contributed by atoms with Crippen LogP contribution in [-0.4, -0.2) is 61.6 Å². The molecule has 1 amide bonds. The van der Waals surface area contributed by atoms with Crippen molar-refractivity contribution in [3.63, 3.8) is 0 Å². The Hall–Kier alpha value is -2.63. The Labute approximate surface area is 167 Å². The lowest BCUT2D eigenvalue weighted by Gasteiger charge is -2.33. The van der Waals surface area contributed by atoms with E-state index in [0.29, 0.717) is 13.2 Å². The van der Waals surface area contributed by atoms with Crippen LogP contribution in [0.3, 0.4) is 0 Å². The van der Waals surface area contributed by atoms with Gasteiger partial charge in [0, 0.05) is 38.4 Å². The van der Waals surface area contributed by atoms with Gasteiger partial charge < -0.3 is 10.1 Å². The molecule has 1 aliphatic rings. The second-order valence-electron chi connectivity index (χ2n) is 6.90. The third kappa shape index (κ3) is 6.51. The van der Waals surface area contributed by atoms with Gasteiger partial charge in [0.1, 0.15) is 5.75 Å². The second kappa shape index (κ2) is 10.6. The summed E-state index contributed by atoms with van der Waals surface area (Å²) in [6, 6.07) is 17.9. The highest BCUT2D eigenvalue weighted by Crippen LogP contribution is 2.15. The Morgan fingerprint density at radius 1 is 1.00 bits per heavy atom. The van der Waals surface area contributed by atoms with Crippen molar-refractivity contribution in [3.05, 3.63) is 66.2 Å². The maximum atomic E-state index is 12.3. The van der Waals surface area contributed by atoms with Crippen LogP contribution in [0, 0.1) is 0 Å². The molecule has 2 aromatic carbocycles. The Bertz CT molecular complexity index is 751. The van der Waals surface area contributed by atoms with Crippen molar-refractivity contribution in [1.29, 1.82) is 0 Å². The minimum absolute atomic E-state index is 0.0292. The van der Waals surface area contributed by atoms with Crippen molar-refractivity contribution in [1.82, 2.24) is 9.80 Å². The van der Waals surface area contributed by atoms with E-state index in [9.17, 15) is 4.79 Å². The second-order valence-corrected chi connectivity index (χ2v) is 6.90. The van der Waals surface area contributed by atoms with Crippen molar-refractivity contribution in [2.75, 3.05) is 51.2 Å². The number of benzene rings is 2. The number of piperazine rings is 1. The zero-order valence-electron chi connectivity index (χ0n) is 16.5. The molecule has 1 aliphatic heterocycles. The highest BCUT2D eigenvalue weighted by molar-refractivity contribution is 5.92. The largest absolute Gasteiger partial charge is 0.494 e. The lowest BCUT2D eigenvalue weighted by atomic mass is 10.2. The zero-order valence-corrected chi connectivity index (χ0v) is 16.5. The van der Waals surface area contributed by atoms with Crippen molar-refractivity contribution in [2.45, 2.75) is 6.92 Å². The van der Waals surface area contributed by atoms with Crippen LogP contribution in [-0.2, 0) is 4.79 Å². The van der Waals surface area contributed by atoms with E-state index in [-0.39, 0.29) is 5.91 Å². The van der Waals surface area contributed by atoms with Gasteiger partial charge in [0.2, 0.25) is 5.91 Å². The summed E-state index contributed by atoms with van der Waals surface area (Å²) in [5.41, 5.74) is 2.03. The van der Waals surface area contributed by atoms with Gasteiger partial charge in [-0.2, -0.15) is 0 Å². The molecule has 5 nitrogen and oxygen atoms in total. The Kier molecular flexibility index (Phi) is 7.64. The van der Waals surface area contributed by atoms with Crippen molar-refractivity contribution in [2.24, 2.45) is 0 Å². The van der Waals surface area contributed by atoms with Crippen LogP contribution >= 0.6 is 0 Å². The number of carbonyl (C=O) groups excluding carboxylic acids is 1. The molecule has 1 fully saturated rings. The Balaban J connectivity index is 1.36. The maximum Gasteiger partial charge on any atom is 0.238 e. The summed E-state index contributed by atoms with van der Waals surface area (Å²) in [5, 5.41) is 2.96. The lowest BCUT2D eigenvalue weighted by molar-refractivity contribution is -0.117. The Morgan fingerprint density at radius 2 is 1.68 bits per heavy atom. The van der Waals surface area contributed by atoms with Crippen LogP contribution in [0.25, 0.3) is 6.08 Å². The first-order chi connectivity index (χ1) is 13.7. The minimum Gasteiger partial charge on any atom is -0.494 e. The lowest BCUT2D eigenvalue weighted by Crippen LogP contribution is -2.48. The molecule has 3 rings (SSSR count). The molecule has 0 bridgehead atoms. The number of anilines is 1. The number of amides is 1. The molecule has 0 atom stereocenters. The minimum atomic E-state index is 0.0292. The van der Waals surface area contributed by atoms with Crippen LogP contribution in [0.1, 0.15) is 12.5 Å². The standard InChI is InChI=1S/C23H29N3O2/c1-2-28-22-12-10-21(11-13-22)24-23(27)19-26-17-15-25(16-18-26)14-6-9-20-7-4-3-5-8-20/h3-13H,2,14-19H2,1H3,(H,24,27). The predicted molar refractivity (Wildman–Crippen MR) is 115 cm³/mol. The molecule has 28 heavy (non-hydrogen) atoms. The fraction of sp³-hybridized carbons (Fsp3) is 0.348. The monoisotopic (exact) mass is 379 g/mol. The summed E-state index contributed by atoms with van der Waals surface area (Å²) in [7, 11) is 0. The molecule has 0 spiro atoms. The number of ether oxygens (including phenoxy) is 1. The van der Waals surface area contributed by atoms with E-state index in [1.54, 1.807) is 0 Å². The van der Waals surface area contributed by atoms with Gasteiger partial charge in [-0.3, -0.25) is 14.6 Å². The van der Waals surface area contributed by atoms with Crippen LogP contribution in [0.2, 0.25) is 0 Å². The molecule has 0 unspecified atom stereocenters. The summed E-state index contributed by atoms with van der Waals surface area (Å²) in [4.78, 5) is 16.9. The van der Waals surface area contributed by atoms with Crippen LogP contribution < -0.4 is 10.1 Å². The summed E-state index contributed by atoms with van der Waals surface area (Å²) in [5.74, 6) is 0.847. The predicted octanol–water partition coefficient (Wildman–Crippen LogP) is 3.35. The molecule has 1 heterocycles. The molecule has 0 aliphatic carbocycles. The first kappa shape index (κ1) is 20.1. The van der Waals surface area contributed by atoms with E-state index in [4.69, 9.17) is 4.74 Å². The fourth-order valence-corrected chi connectivity index (χ4v) is 3.24. The summed E-state index contributed by atoms with van der Waals surface area (Å²) in [6.45, 7) is 7.76. The average molecular weight is 380 g/mol. The normalized spacial score (nSPS) is 15.6. The number of hydrogen-bond donors (Lipinski definition) is 1. The summed E-state index contributed by atoms with van der Waals surface area (Å²) < 4.78 is 5.42. The van der Waals surface area contributed by atoms with E-state index < -0.39 is 0 Å². The maximum absolute atomic E-state index is 12.3. The van der Waals surface area contributed by atoms with Gasteiger partial charge in [0.15, 0.2) is 0 Å². The quantitative estimate of drug-likeness (QED) is 0.764. The molecule has 148 valence electrons. The van der Waals surface area contributed by atoms with E-state index >= 15 is 0 Å². The highest BCUT2D eigenvalue weighted by Gasteiger charge is 2.18. The Morgan fingerprint density at radius 3 is 2.36 bits per heavy atom. The smallest absolute Gasteiger partial charge is 0.238 e. The topological polar surface area (TPSA) is 44.8 Å². The van der Waals surface area contributed by atoms with Gasteiger partial charge in [-0.05, 0) is 36.8 Å². The van der Waals surface area contributed by atoms with Gasteiger partial charge in [-0.15, -0.1) is 0 Å². The zero-order chi connectivity index (χ0) is 19.6. The van der Waals surface area contributed by atoms with Gasteiger partial charge in [-0.1, -0.05) is 42.5 Å².